The minimum Gasteiger partial charge on any atom is -0.370 e. The van der Waals surface area contributed by atoms with Crippen LogP contribution in [-0.2, 0) is 0 Å². The average Bonchev–Trinajstić information content (AvgIpc) is 2.28. The lowest BCUT2D eigenvalue weighted by Gasteiger charge is -2.15. The van der Waals surface area contributed by atoms with Gasteiger partial charge in [-0.25, -0.2) is 0 Å². The molecule has 0 aliphatic carbocycles. The molecule has 4 heteroatoms. The molecule has 0 heterocycles. The van der Waals surface area contributed by atoms with Crippen LogP contribution < -0.4 is 11.1 Å². The Morgan fingerprint density at radius 1 is 1.38 bits per heavy atom. The van der Waals surface area contributed by atoms with Crippen LogP contribution in [0.3, 0.4) is 0 Å². The molecule has 1 rings (SSSR count). The van der Waals surface area contributed by atoms with E-state index in [2.05, 4.69) is 5.32 Å². The van der Waals surface area contributed by atoms with Gasteiger partial charge in [0.05, 0.1) is 0 Å². The highest BCUT2D eigenvalue weighted by molar-refractivity contribution is 6.07. The van der Waals surface area contributed by atoms with Gasteiger partial charge in [-0.3, -0.25) is 10.2 Å². The van der Waals surface area contributed by atoms with E-state index < -0.39 is 0 Å². The first-order valence-electron chi connectivity index (χ1n) is 5.21. The van der Waals surface area contributed by atoms with Gasteiger partial charge >= 0.3 is 0 Å². The smallest absolute Gasteiger partial charge is 0.191 e. The van der Waals surface area contributed by atoms with E-state index in [1.807, 2.05) is 25.1 Å². The normalized spacial score (nSPS) is 10.1. The fraction of sp³-hybridized carbons (Fsp3) is 0.250. The van der Waals surface area contributed by atoms with Crippen molar-refractivity contribution in [1.82, 2.24) is 5.32 Å². The number of nitrogens with two attached hydrogens (primary N) is 1. The Balaban J connectivity index is 2.78. The van der Waals surface area contributed by atoms with Crippen LogP contribution in [-0.4, -0.2) is 11.7 Å². The van der Waals surface area contributed by atoms with E-state index in [4.69, 9.17) is 11.1 Å². The molecule has 0 amide bonds. The summed E-state index contributed by atoms with van der Waals surface area (Å²) in [6.45, 7) is 1.97. The molecule has 0 aliphatic heterocycles. The predicted octanol–water partition coefficient (Wildman–Crippen LogP) is 1.68. The lowest BCUT2D eigenvalue weighted by Crippen LogP contribution is -2.38. The first-order chi connectivity index (χ1) is 7.65. The molecule has 0 fully saturated rings. The van der Waals surface area contributed by atoms with Gasteiger partial charge in [0.1, 0.15) is 6.04 Å². The van der Waals surface area contributed by atoms with Crippen molar-refractivity contribution in [2.45, 2.75) is 19.8 Å². The molecule has 0 unspecified atom stereocenters. The Morgan fingerprint density at radius 3 is 2.50 bits per heavy atom. The van der Waals surface area contributed by atoms with E-state index in [1.54, 1.807) is 12.1 Å². The summed E-state index contributed by atoms with van der Waals surface area (Å²) >= 11 is 0. The SMILES string of the molecule is CCC[C](NC(=N)N)C(=O)c1ccccc1. The summed E-state index contributed by atoms with van der Waals surface area (Å²) in [7, 11) is 0. The molecule has 4 N–H and O–H groups in total. The zero-order valence-electron chi connectivity index (χ0n) is 9.29. The minimum atomic E-state index is -0.201. The van der Waals surface area contributed by atoms with Crippen molar-refractivity contribution in [3.8, 4) is 0 Å². The number of ketones is 1. The minimum absolute atomic E-state index is 0.0994. The van der Waals surface area contributed by atoms with E-state index in [-0.39, 0.29) is 11.7 Å². The molecule has 1 radical (unpaired) electrons. The Morgan fingerprint density at radius 2 is 2.00 bits per heavy atom. The molecule has 1 aromatic carbocycles. The second-order valence-electron chi connectivity index (χ2n) is 3.46. The number of benzene rings is 1. The molecule has 0 bridgehead atoms. The quantitative estimate of drug-likeness (QED) is 0.399. The van der Waals surface area contributed by atoms with Crippen molar-refractivity contribution in [3.05, 3.63) is 41.9 Å². The number of carbonyl (C=O) groups excluding carboxylic acids is 1. The molecule has 0 saturated carbocycles. The summed E-state index contributed by atoms with van der Waals surface area (Å²) in [5.41, 5.74) is 5.85. The highest BCUT2D eigenvalue weighted by atomic mass is 16.1. The molecular weight excluding hydrogens is 202 g/mol. The van der Waals surface area contributed by atoms with Crippen LogP contribution >= 0.6 is 0 Å². The standard InChI is InChI=1S/C12H16N3O/c1-2-6-10(15-12(13)14)11(16)9-7-4-3-5-8-9/h3-5,7-8H,2,6H2,1H3,(H4,13,14,15). The monoisotopic (exact) mass is 218 g/mol. The molecule has 0 saturated heterocycles. The average molecular weight is 218 g/mol. The topological polar surface area (TPSA) is 79.0 Å². The maximum atomic E-state index is 12.0. The molecule has 0 atom stereocenters. The summed E-state index contributed by atoms with van der Waals surface area (Å²) in [5, 5.41) is 9.76. The summed E-state index contributed by atoms with van der Waals surface area (Å²) in [5.74, 6) is -0.301. The highest BCUT2D eigenvalue weighted by Crippen LogP contribution is 2.13. The van der Waals surface area contributed by atoms with Gasteiger partial charge in [-0.2, -0.15) is 0 Å². The number of rotatable bonds is 5. The number of hydrogen-bond donors (Lipinski definition) is 3. The molecular formula is C12H16N3O. The summed E-state index contributed by atoms with van der Waals surface area (Å²) in [6, 6.07) is 9.45. The molecule has 0 aliphatic rings. The van der Waals surface area contributed by atoms with E-state index >= 15 is 0 Å². The molecule has 85 valence electrons. The second-order valence-corrected chi connectivity index (χ2v) is 3.46. The number of guanidine groups is 1. The van der Waals surface area contributed by atoms with Crippen LogP contribution in [0.5, 0.6) is 0 Å². The number of Topliss-reactive ketones (excluding diaryl/α,β-unsaturated/α-hetero) is 1. The maximum Gasteiger partial charge on any atom is 0.191 e. The van der Waals surface area contributed by atoms with Gasteiger partial charge in [0.15, 0.2) is 11.7 Å². The van der Waals surface area contributed by atoms with Crippen LogP contribution in [0.1, 0.15) is 30.1 Å². The van der Waals surface area contributed by atoms with E-state index in [9.17, 15) is 4.79 Å². The van der Waals surface area contributed by atoms with Crippen LogP contribution in [0, 0.1) is 11.5 Å². The summed E-state index contributed by atoms with van der Waals surface area (Å²) < 4.78 is 0. The van der Waals surface area contributed by atoms with Crippen molar-refractivity contribution >= 4 is 11.7 Å². The summed E-state index contributed by atoms with van der Waals surface area (Å²) in [4.78, 5) is 12.0. The maximum absolute atomic E-state index is 12.0. The Bertz CT molecular complexity index is 362. The van der Waals surface area contributed by atoms with Crippen molar-refractivity contribution in [2.24, 2.45) is 5.73 Å². The Hall–Kier alpha value is -1.84. The molecule has 0 spiro atoms. The zero-order valence-corrected chi connectivity index (χ0v) is 9.29. The van der Waals surface area contributed by atoms with Gasteiger partial charge in [-0.15, -0.1) is 0 Å². The second kappa shape index (κ2) is 5.90. The van der Waals surface area contributed by atoms with Crippen molar-refractivity contribution < 1.29 is 4.79 Å². The molecule has 16 heavy (non-hydrogen) atoms. The van der Waals surface area contributed by atoms with Crippen LogP contribution in [0.25, 0.3) is 0 Å². The van der Waals surface area contributed by atoms with Crippen molar-refractivity contribution in [2.75, 3.05) is 0 Å². The van der Waals surface area contributed by atoms with Gasteiger partial charge in [0.2, 0.25) is 0 Å². The first-order valence-corrected chi connectivity index (χ1v) is 5.21. The van der Waals surface area contributed by atoms with Gasteiger partial charge < -0.3 is 11.1 Å². The van der Waals surface area contributed by atoms with E-state index in [1.165, 1.54) is 0 Å². The number of carbonyl (C=O) groups is 1. The zero-order chi connectivity index (χ0) is 12.0. The lowest BCUT2D eigenvalue weighted by molar-refractivity contribution is 0.0993. The van der Waals surface area contributed by atoms with Crippen molar-refractivity contribution in [3.63, 3.8) is 0 Å². The molecule has 0 aromatic heterocycles. The third kappa shape index (κ3) is 3.38. The van der Waals surface area contributed by atoms with Gasteiger partial charge in [-0.1, -0.05) is 43.7 Å². The van der Waals surface area contributed by atoms with Crippen LogP contribution in [0.4, 0.5) is 0 Å². The van der Waals surface area contributed by atoms with E-state index in [0.717, 1.165) is 6.42 Å². The largest absolute Gasteiger partial charge is 0.370 e. The summed E-state index contributed by atoms with van der Waals surface area (Å²) in [6.07, 6.45) is 1.42. The fourth-order valence-electron chi connectivity index (χ4n) is 1.41. The number of nitrogens with one attached hydrogen (secondary N) is 2. The number of hydrogen-bond acceptors (Lipinski definition) is 2. The first kappa shape index (κ1) is 12.2. The van der Waals surface area contributed by atoms with Gasteiger partial charge in [-0.05, 0) is 6.42 Å². The predicted molar refractivity (Wildman–Crippen MR) is 64.0 cm³/mol. The van der Waals surface area contributed by atoms with E-state index in [0.29, 0.717) is 18.0 Å². The fourth-order valence-corrected chi connectivity index (χ4v) is 1.41. The third-order valence-electron chi connectivity index (χ3n) is 2.10. The third-order valence-corrected chi connectivity index (χ3v) is 2.10. The van der Waals surface area contributed by atoms with Gasteiger partial charge in [0.25, 0.3) is 0 Å². The molecule has 1 aromatic rings. The van der Waals surface area contributed by atoms with Crippen LogP contribution in [0.2, 0.25) is 0 Å². The van der Waals surface area contributed by atoms with Crippen molar-refractivity contribution in [1.29, 1.82) is 5.41 Å². The highest BCUT2D eigenvalue weighted by Gasteiger charge is 2.20. The Kier molecular flexibility index (Phi) is 4.51. The Labute approximate surface area is 95.4 Å². The molecule has 4 nitrogen and oxygen atoms in total. The lowest BCUT2D eigenvalue weighted by atomic mass is 10.0. The van der Waals surface area contributed by atoms with Gasteiger partial charge in [0, 0.05) is 5.56 Å². The van der Waals surface area contributed by atoms with Crippen LogP contribution in [0.15, 0.2) is 30.3 Å².